The second-order valence-electron chi connectivity index (χ2n) is 4.47. The number of rotatable bonds is 7. The van der Waals surface area contributed by atoms with Gasteiger partial charge in [-0.3, -0.25) is 14.3 Å². The highest BCUT2D eigenvalue weighted by atomic mass is 16.4. The van der Waals surface area contributed by atoms with E-state index in [2.05, 4.69) is 10.4 Å². The Hall–Kier alpha value is -1.85. The molecule has 0 aliphatic carbocycles. The molecular formula is C13H21N3O3. The predicted octanol–water partition coefficient (Wildman–Crippen LogP) is 1.31. The highest BCUT2D eigenvalue weighted by Gasteiger charge is 2.15. The maximum Gasteiger partial charge on any atom is 0.306 e. The lowest BCUT2D eigenvalue weighted by atomic mass is 10.1. The zero-order chi connectivity index (χ0) is 14.4. The number of carboxylic acid groups (broad SMARTS) is 1. The van der Waals surface area contributed by atoms with Gasteiger partial charge in [0.25, 0.3) is 5.91 Å². The van der Waals surface area contributed by atoms with Crippen LogP contribution in [0.1, 0.15) is 43.4 Å². The number of hydrogen-bond acceptors (Lipinski definition) is 3. The molecule has 0 aliphatic rings. The number of aromatic nitrogens is 2. The first kappa shape index (κ1) is 15.2. The molecule has 1 atom stereocenters. The lowest BCUT2D eigenvalue weighted by Gasteiger charge is -2.08. The number of aryl methyl sites for hydroxylation is 2. The molecule has 0 fully saturated rings. The molecule has 19 heavy (non-hydrogen) atoms. The molecule has 0 spiro atoms. The molecule has 2 N–H and O–H groups in total. The Balaban J connectivity index is 2.58. The molecule has 0 aliphatic heterocycles. The van der Waals surface area contributed by atoms with Crippen LogP contribution in [0.2, 0.25) is 0 Å². The topological polar surface area (TPSA) is 84.2 Å². The second kappa shape index (κ2) is 6.92. The van der Waals surface area contributed by atoms with Crippen molar-refractivity contribution in [2.24, 2.45) is 5.92 Å². The van der Waals surface area contributed by atoms with Crippen molar-refractivity contribution in [3.05, 3.63) is 17.5 Å². The molecule has 0 saturated heterocycles. The van der Waals surface area contributed by atoms with E-state index < -0.39 is 11.9 Å². The first-order valence-electron chi connectivity index (χ1n) is 6.57. The molecule has 1 aromatic heterocycles. The van der Waals surface area contributed by atoms with E-state index >= 15 is 0 Å². The summed E-state index contributed by atoms with van der Waals surface area (Å²) in [6, 6.07) is 1.78. The first-order valence-corrected chi connectivity index (χ1v) is 6.57. The van der Waals surface area contributed by atoms with Crippen molar-refractivity contribution in [3.63, 3.8) is 0 Å². The van der Waals surface area contributed by atoms with E-state index in [4.69, 9.17) is 5.11 Å². The van der Waals surface area contributed by atoms with Gasteiger partial charge in [0.1, 0.15) is 5.69 Å². The Morgan fingerprint density at radius 1 is 1.47 bits per heavy atom. The second-order valence-corrected chi connectivity index (χ2v) is 4.47. The van der Waals surface area contributed by atoms with Gasteiger partial charge in [0.15, 0.2) is 0 Å². The van der Waals surface area contributed by atoms with Gasteiger partial charge in [-0.15, -0.1) is 0 Å². The van der Waals surface area contributed by atoms with Gasteiger partial charge in [0.05, 0.1) is 11.6 Å². The Bertz CT molecular complexity index is 454. The van der Waals surface area contributed by atoms with Crippen LogP contribution < -0.4 is 5.32 Å². The summed E-state index contributed by atoms with van der Waals surface area (Å²) in [5.74, 6) is -1.50. The van der Waals surface area contributed by atoms with Crippen molar-refractivity contribution >= 4 is 11.9 Å². The third-order valence-corrected chi connectivity index (χ3v) is 3.01. The molecule has 0 saturated carbocycles. The zero-order valence-electron chi connectivity index (χ0n) is 11.6. The van der Waals surface area contributed by atoms with Crippen LogP contribution in [0.4, 0.5) is 0 Å². The van der Waals surface area contributed by atoms with Gasteiger partial charge >= 0.3 is 5.97 Å². The van der Waals surface area contributed by atoms with Gasteiger partial charge in [-0.05, 0) is 25.8 Å². The van der Waals surface area contributed by atoms with E-state index in [0.29, 0.717) is 25.2 Å². The van der Waals surface area contributed by atoms with Gasteiger partial charge in [0.2, 0.25) is 0 Å². The molecule has 6 nitrogen and oxygen atoms in total. The number of carbonyl (C=O) groups is 2. The number of carbonyl (C=O) groups excluding carboxylic acids is 1. The largest absolute Gasteiger partial charge is 0.481 e. The fourth-order valence-electron chi connectivity index (χ4n) is 1.68. The normalized spacial score (nSPS) is 12.2. The summed E-state index contributed by atoms with van der Waals surface area (Å²) in [5, 5.41) is 15.8. The van der Waals surface area contributed by atoms with E-state index in [0.717, 1.165) is 12.1 Å². The highest BCUT2D eigenvalue weighted by molar-refractivity contribution is 5.92. The van der Waals surface area contributed by atoms with E-state index in [1.807, 2.05) is 13.8 Å². The maximum atomic E-state index is 12.0. The molecule has 106 valence electrons. The van der Waals surface area contributed by atoms with Crippen LogP contribution in [-0.2, 0) is 17.8 Å². The Kier molecular flexibility index (Phi) is 5.54. The molecule has 0 bridgehead atoms. The lowest BCUT2D eigenvalue weighted by molar-refractivity contribution is -0.141. The third kappa shape index (κ3) is 4.08. The smallest absolute Gasteiger partial charge is 0.306 e. The van der Waals surface area contributed by atoms with Crippen LogP contribution in [0.3, 0.4) is 0 Å². The van der Waals surface area contributed by atoms with E-state index in [1.54, 1.807) is 17.7 Å². The van der Waals surface area contributed by atoms with Gasteiger partial charge in [-0.25, -0.2) is 0 Å². The van der Waals surface area contributed by atoms with E-state index in [9.17, 15) is 9.59 Å². The highest BCUT2D eigenvalue weighted by Crippen LogP contribution is 2.06. The van der Waals surface area contributed by atoms with Gasteiger partial charge in [-0.2, -0.15) is 5.10 Å². The number of nitrogens with zero attached hydrogens (tertiary/aromatic N) is 2. The monoisotopic (exact) mass is 267 g/mol. The number of nitrogens with one attached hydrogen (secondary N) is 1. The van der Waals surface area contributed by atoms with Crippen LogP contribution in [0.15, 0.2) is 6.07 Å². The molecule has 6 heteroatoms. The molecular weight excluding hydrogens is 246 g/mol. The van der Waals surface area contributed by atoms with Crippen LogP contribution in [0.5, 0.6) is 0 Å². The third-order valence-electron chi connectivity index (χ3n) is 3.01. The van der Waals surface area contributed by atoms with Gasteiger partial charge in [-0.1, -0.05) is 13.8 Å². The Labute approximate surface area is 112 Å². The van der Waals surface area contributed by atoms with Crippen molar-refractivity contribution in [1.29, 1.82) is 0 Å². The number of carboxylic acids is 1. The summed E-state index contributed by atoms with van der Waals surface area (Å²) in [5.41, 5.74) is 1.41. The molecule has 1 amide bonds. The predicted molar refractivity (Wildman–Crippen MR) is 71.0 cm³/mol. The molecule has 0 aromatic carbocycles. The minimum atomic E-state index is -0.846. The molecule has 1 heterocycles. The number of hydrogen-bond donors (Lipinski definition) is 2. The SMILES string of the molecule is CCc1cc(C(=O)NCCC(C)C(=O)O)n(CC)n1. The summed E-state index contributed by atoms with van der Waals surface area (Å²) in [6.45, 7) is 6.52. The van der Waals surface area contributed by atoms with Gasteiger partial charge in [0, 0.05) is 13.1 Å². The number of aliphatic carboxylic acids is 1. The zero-order valence-corrected chi connectivity index (χ0v) is 11.6. The summed E-state index contributed by atoms with van der Waals surface area (Å²) < 4.78 is 1.66. The maximum absolute atomic E-state index is 12.0. The molecule has 0 radical (unpaired) electrons. The molecule has 1 rings (SSSR count). The quantitative estimate of drug-likeness (QED) is 0.780. The summed E-state index contributed by atoms with van der Waals surface area (Å²) >= 11 is 0. The minimum Gasteiger partial charge on any atom is -0.481 e. The Morgan fingerprint density at radius 2 is 2.16 bits per heavy atom. The van der Waals surface area contributed by atoms with Crippen LogP contribution >= 0.6 is 0 Å². The van der Waals surface area contributed by atoms with Crippen molar-refractivity contribution in [2.45, 2.75) is 40.2 Å². The van der Waals surface area contributed by atoms with Gasteiger partial charge < -0.3 is 10.4 Å². The first-order chi connectivity index (χ1) is 8.99. The molecule has 1 aromatic rings. The summed E-state index contributed by atoms with van der Waals surface area (Å²) in [6.07, 6.45) is 1.20. The summed E-state index contributed by atoms with van der Waals surface area (Å²) in [4.78, 5) is 22.6. The number of amides is 1. The van der Waals surface area contributed by atoms with Crippen LogP contribution in [0, 0.1) is 5.92 Å². The summed E-state index contributed by atoms with van der Waals surface area (Å²) in [7, 11) is 0. The van der Waals surface area contributed by atoms with Crippen LogP contribution in [-0.4, -0.2) is 33.3 Å². The van der Waals surface area contributed by atoms with Crippen molar-refractivity contribution in [1.82, 2.24) is 15.1 Å². The van der Waals surface area contributed by atoms with Crippen molar-refractivity contribution < 1.29 is 14.7 Å². The van der Waals surface area contributed by atoms with Crippen LogP contribution in [0.25, 0.3) is 0 Å². The fourth-order valence-corrected chi connectivity index (χ4v) is 1.68. The Morgan fingerprint density at radius 3 is 2.68 bits per heavy atom. The standard InChI is InChI=1S/C13H21N3O3/c1-4-10-8-11(16(5-2)15-10)12(17)14-7-6-9(3)13(18)19/h8-9H,4-7H2,1-3H3,(H,14,17)(H,18,19). The van der Waals surface area contributed by atoms with E-state index in [1.165, 1.54) is 0 Å². The average Bonchev–Trinajstić information content (AvgIpc) is 2.81. The average molecular weight is 267 g/mol. The van der Waals surface area contributed by atoms with Crippen molar-refractivity contribution in [2.75, 3.05) is 6.54 Å². The van der Waals surface area contributed by atoms with E-state index in [-0.39, 0.29) is 5.91 Å². The van der Waals surface area contributed by atoms with Crippen molar-refractivity contribution in [3.8, 4) is 0 Å². The lowest BCUT2D eigenvalue weighted by Crippen LogP contribution is -2.29. The molecule has 1 unspecified atom stereocenters. The fraction of sp³-hybridized carbons (Fsp3) is 0.615. The minimum absolute atomic E-state index is 0.202.